The Kier molecular flexibility index (Phi) is 7.40. The first-order chi connectivity index (χ1) is 14.0. The van der Waals surface area contributed by atoms with Gasteiger partial charge in [-0.05, 0) is 55.3 Å². The van der Waals surface area contributed by atoms with Crippen LogP contribution in [0.25, 0.3) is 0 Å². The highest BCUT2D eigenvalue weighted by molar-refractivity contribution is 9.10. The van der Waals surface area contributed by atoms with E-state index in [0.717, 1.165) is 21.3 Å². The minimum absolute atomic E-state index is 0.0870. The zero-order valence-corrected chi connectivity index (χ0v) is 18.6. The Morgan fingerprint density at radius 3 is 2.41 bits per heavy atom. The average Bonchev–Trinajstić information content (AvgIpc) is 2.70. The molecule has 3 rings (SSSR count). The number of anilines is 1. The Morgan fingerprint density at radius 1 is 1.00 bits per heavy atom. The molecule has 0 heterocycles. The van der Waals surface area contributed by atoms with E-state index in [-0.39, 0.29) is 5.02 Å². The summed E-state index contributed by atoms with van der Waals surface area (Å²) in [6.45, 7) is 5.49. The van der Waals surface area contributed by atoms with Gasteiger partial charge in [0.25, 0.3) is 0 Å². The molecule has 0 saturated carbocycles. The van der Waals surface area contributed by atoms with E-state index in [0.29, 0.717) is 31.3 Å². The third-order valence-corrected chi connectivity index (χ3v) is 5.36. The van der Waals surface area contributed by atoms with E-state index in [1.807, 2.05) is 19.1 Å². The lowest BCUT2D eigenvalue weighted by atomic mass is 10.1. The van der Waals surface area contributed by atoms with Crippen molar-refractivity contribution in [2.24, 2.45) is 0 Å². The largest absolute Gasteiger partial charge is 0.490 e. The van der Waals surface area contributed by atoms with Gasteiger partial charge < -0.3 is 14.8 Å². The lowest BCUT2D eigenvalue weighted by molar-refractivity contribution is 0.269. The molecule has 0 fully saturated rings. The Balaban J connectivity index is 1.74. The van der Waals surface area contributed by atoms with Crippen molar-refractivity contribution in [1.29, 1.82) is 0 Å². The van der Waals surface area contributed by atoms with Crippen molar-refractivity contribution in [3.8, 4) is 11.5 Å². The highest BCUT2D eigenvalue weighted by atomic mass is 79.9. The third kappa shape index (κ3) is 5.87. The molecule has 0 bridgehead atoms. The predicted octanol–water partition coefficient (Wildman–Crippen LogP) is 7.14. The van der Waals surface area contributed by atoms with Crippen LogP contribution in [0, 0.1) is 12.7 Å². The molecule has 0 aromatic heterocycles. The molecule has 3 aromatic carbocycles. The molecular formula is C23H22BrClFNO2. The summed E-state index contributed by atoms with van der Waals surface area (Å²) in [6, 6.07) is 16.6. The van der Waals surface area contributed by atoms with Crippen LogP contribution >= 0.6 is 27.5 Å². The Bertz CT molecular complexity index is 979. The monoisotopic (exact) mass is 477 g/mol. The normalized spacial score (nSPS) is 10.7. The molecule has 0 atom stereocenters. The van der Waals surface area contributed by atoms with Gasteiger partial charge in [0, 0.05) is 16.7 Å². The highest BCUT2D eigenvalue weighted by Crippen LogP contribution is 2.35. The molecule has 0 aliphatic heterocycles. The predicted molar refractivity (Wildman–Crippen MR) is 120 cm³/mol. The molecule has 6 heteroatoms. The van der Waals surface area contributed by atoms with E-state index in [1.165, 1.54) is 11.6 Å². The maximum atomic E-state index is 13.3. The minimum Gasteiger partial charge on any atom is -0.490 e. The average molecular weight is 479 g/mol. The van der Waals surface area contributed by atoms with Crippen LogP contribution in [-0.2, 0) is 13.2 Å². The van der Waals surface area contributed by atoms with Gasteiger partial charge in [0.2, 0.25) is 0 Å². The molecule has 0 amide bonds. The second-order valence-electron chi connectivity index (χ2n) is 6.58. The van der Waals surface area contributed by atoms with Crippen molar-refractivity contribution in [3.63, 3.8) is 0 Å². The zero-order chi connectivity index (χ0) is 20.8. The van der Waals surface area contributed by atoms with Gasteiger partial charge in [-0.3, -0.25) is 0 Å². The molecule has 1 N–H and O–H groups in total. The van der Waals surface area contributed by atoms with E-state index in [1.54, 1.807) is 12.1 Å². The van der Waals surface area contributed by atoms with Crippen LogP contribution in [-0.4, -0.2) is 6.61 Å². The van der Waals surface area contributed by atoms with Crippen LogP contribution in [0.2, 0.25) is 5.02 Å². The first-order valence-electron chi connectivity index (χ1n) is 9.28. The van der Waals surface area contributed by atoms with Crippen molar-refractivity contribution >= 4 is 33.2 Å². The standard InChI is InChI=1S/C23H22BrClFNO2/c1-3-28-22-10-17(13-27-18-8-9-21(26)20(25)11-18)19(24)12-23(22)29-14-16-6-4-15(2)5-7-16/h4-12,27H,3,13-14H2,1-2H3. The fraction of sp³-hybridized carbons (Fsp3) is 0.217. The van der Waals surface area contributed by atoms with Gasteiger partial charge in [0.05, 0.1) is 11.6 Å². The highest BCUT2D eigenvalue weighted by Gasteiger charge is 2.12. The molecule has 0 aliphatic rings. The van der Waals surface area contributed by atoms with Gasteiger partial charge in [-0.15, -0.1) is 0 Å². The first kappa shape index (κ1) is 21.5. The van der Waals surface area contributed by atoms with Crippen LogP contribution in [0.4, 0.5) is 10.1 Å². The second kappa shape index (κ2) is 9.99. The maximum absolute atomic E-state index is 13.3. The number of hydrogen-bond donors (Lipinski definition) is 1. The molecule has 0 unspecified atom stereocenters. The fourth-order valence-corrected chi connectivity index (χ4v) is 3.39. The molecule has 0 saturated heterocycles. The third-order valence-electron chi connectivity index (χ3n) is 4.33. The van der Waals surface area contributed by atoms with Crippen molar-refractivity contribution in [1.82, 2.24) is 0 Å². The van der Waals surface area contributed by atoms with Gasteiger partial charge in [-0.2, -0.15) is 0 Å². The Hall–Kier alpha value is -2.24. The lowest BCUT2D eigenvalue weighted by Gasteiger charge is -2.16. The van der Waals surface area contributed by atoms with Crippen LogP contribution in [0.15, 0.2) is 59.1 Å². The SMILES string of the molecule is CCOc1cc(CNc2ccc(F)c(Cl)c2)c(Br)cc1OCc1ccc(C)cc1. The summed E-state index contributed by atoms with van der Waals surface area (Å²) < 4.78 is 26.0. The summed E-state index contributed by atoms with van der Waals surface area (Å²) in [4.78, 5) is 0. The summed E-state index contributed by atoms with van der Waals surface area (Å²) in [7, 11) is 0. The van der Waals surface area contributed by atoms with Crippen molar-refractivity contribution in [2.75, 3.05) is 11.9 Å². The molecule has 3 nitrogen and oxygen atoms in total. The van der Waals surface area contributed by atoms with Crippen molar-refractivity contribution < 1.29 is 13.9 Å². The van der Waals surface area contributed by atoms with Crippen molar-refractivity contribution in [3.05, 3.63) is 86.6 Å². The topological polar surface area (TPSA) is 30.5 Å². The summed E-state index contributed by atoms with van der Waals surface area (Å²) in [5, 5.41) is 3.33. The van der Waals surface area contributed by atoms with Crippen LogP contribution in [0.3, 0.4) is 0 Å². The number of benzene rings is 3. The number of aryl methyl sites for hydroxylation is 1. The van der Waals surface area contributed by atoms with Crippen LogP contribution in [0.5, 0.6) is 11.5 Å². The maximum Gasteiger partial charge on any atom is 0.162 e. The summed E-state index contributed by atoms with van der Waals surface area (Å²) in [5.41, 5.74) is 4.02. The molecule has 3 aromatic rings. The lowest BCUT2D eigenvalue weighted by Crippen LogP contribution is -2.04. The molecule has 0 aliphatic carbocycles. The smallest absolute Gasteiger partial charge is 0.162 e. The number of ether oxygens (including phenoxy) is 2. The quantitative estimate of drug-likeness (QED) is 0.373. The van der Waals surface area contributed by atoms with Crippen molar-refractivity contribution in [2.45, 2.75) is 27.0 Å². The summed E-state index contributed by atoms with van der Waals surface area (Å²) in [6.07, 6.45) is 0. The minimum atomic E-state index is -0.438. The summed E-state index contributed by atoms with van der Waals surface area (Å²) in [5.74, 6) is 0.914. The molecule has 29 heavy (non-hydrogen) atoms. The van der Waals surface area contributed by atoms with Gasteiger partial charge in [0.1, 0.15) is 12.4 Å². The van der Waals surface area contributed by atoms with Gasteiger partial charge >= 0.3 is 0 Å². The molecule has 0 spiro atoms. The summed E-state index contributed by atoms with van der Waals surface area (Å²) >= 11 is 9.45. The first-order valence-corrected chi connectivity index (χ1v) is 10.5. The molecular weight excluding hydrogens is 457 g/mol. The number of hydrogen-bond acceptors (Lipinski definition) is 3. The number of halogens is 3. The second-order valence-corrected chi connectivity index (χ2v) is 7.84. The van der Waals surface area contributed by atoms with Gasteiger partial charge in [-0.25, -0.2) is 4.39 Å². The van der Waals surface area contributed by atoms with Crippen LogP contribution < -0.4 is 14.8 Å². The van der Waals surface area contributed by atoms with E-state index < -0.39 is 5.82 Å². The van der Waals surface area contributed by atoms with Gasteiger partial charge in [0.15, 0.2) is 11.5 Å². The Labute approximate surface area is 183 Å². The van der Waals surface area contributed by atoms with E-state index in [2.05, 4.69) is 52.4 Å². The van der Waals surface area contributed by atoms with E-state index in [9.17, 15) is 4.39 Å². The van der Waals surface area contributed by atoms with E-state index in [4.69, 9.17) is 21.1 Å². The fourth-order valence-electron chi connectivity index (χ4n) is 2.74. The molecule has 0 radical (unpaired) electrons. The zero-order valence-electron chi connectivity index (χ0n) is 16.3. The Morgan fingerprint density at radius 2 is 1.72 bits per heavy atom. The number of rotatable bonds is 8. The van der Waals surface area contributed by atoms with Gasteiger partial charge in [-0.1, -0.05) is 57.4 Å². The van der Waals surface area contributed by atoms with E-state index >= 15 is 0 Å². The number of nitrogens with one attached hydrogen (secondary N) is 1. The molecule has 152 valence electrons. The van der Waals surface area contributed by atoms with Crippen LogP contribution in [0.1, 0.15) is 23.6 Å².